The van der Waals surface area contributed by atoms with Crippen LogP contribution in [-0.2, 0) is 11.2 Å². The van der Waals surface area contributed by atoms with E-state index in [-0.39, 0.29) is 11.9 Å². The van der Waals surface area contributed by atoms with Gasteiger partial charge in [-0.15, -0.1) is 0 Å². The molecule has 1 aliphatic rings. The van der Waals surface area contributed by atoms with Gasteiger partial charge in [0.15, 0.2) is 17.3 Å². The number of hydrogen-bond acceptors (Lipinski definition) is 5. The van der Waals surface area contributed by atoms with Gasteiger partial charge in [0.05, 0.1) is 32.4 Å². The molecule has 1 fully saturated rings. The molecule has 1 aromatic heterocycles. The van der Waals surface area contributed by atoms with Crippen LogP contribution in [0.3, 0.4) is 0 Å². The third-order valence-corrected chi connectivity index (χ3v) is 4.84. The Morgan fingerprint density at radius 1 is 1.27 bits per heavy atom. The quantitative estimate of drug-likeness (QED) is 0.787. The van der Waals surface area contributed by atoms with Crippen LogP contribution in [-0.4, -0.2) is 36.7 Å². The monoisotopic (exact) mass is 358 g/mol. The first-order valence-corrected chi connectivity index (χ1v) is 9.00. The van der Waals surface area contributed by atoms with Crippen molar-refractivity contribution in [1.29, 1.82) is 0 Å². The standard InChI is InChI=1S/C20H26N2O4/c1-13(2)15-12-18(26-21-15)16-6-5-9-22(16)20(23)11-14-7-8-17(24-3)19(10-14)25-4/h7-8,10,12-13,16H,5-6,9,11H2,1-4H3/t16-/m0/s1. The maximum Gasteiger partial charge on any atom is 0.227 e. The molecule has 1 amide bonds. The van der Waals surface area contributed by atoms with Gasteiger partial charge in [-0.25, -0.2) is 0 Å². The Kier molecular flexibility index (Phi) is 5.49. The Morgan fingerprint density at radius 3 is 2.69 bits per heavy atom. The Bertz CT molecular complexity index is 769. The van der Waals surface area contributed by atoms with Crippen molar-refractivity contribution in [3.8, 4) is 11.5 Å². The van der Waals surface area contributed by atoms with E-state index in [1.165, 1.54) is 0 Å². The lowest BCUT2D eigenvalue weighted by atomic mass is 10.1. The van der Waals surface area contributed by atoms with Crippen LogP contribution >= 0.6 is 0 Å². The minimum atomic E-state index is -0.0253. The van der Waals surface area contributed by atoms with Gasteiger partial charge in [-0.1, -0.05) is 25.1 Å². The fourth-order valence-electron chi connectivity index (χ4n) is 3.36. The minimum absolute atomic E-state index is 0.0253. The van der Waals surface area contributed by atoms with E-state index in [0.717, 1.165) is 36.4 Å². The topological polar surface area (TPSA) is 64.8 Å². The summed E-state index contributed by atoms with van der Waals surface area (Å²) in [4.78, 5) is 14.8. The number of ether oxygens (including phenoxy) is 2. The normalized spacial score (nSPS) is 17.0. The molecule has 1 atom stereocenters. The second kappa shape index (κ2) is 7.81. The zero-order valence-electron chi connectivity index (χ0n) is 15.8. The highest BCUT2D eigenvalue weighted by Crippen LogP contribution is 2.34. The second-order valence-corrected chi connectivity index (χ2v) is 6.92. The molecule has 6 nitrogen and oxygen atoms in total. The molecule has 0 radical (unpaired) electrons. The summed E-state index contributed by atoms with van der Waals surface area (Å²) in [6, 6.07) is 7.54. The van der Waals surface area contributed by atoms with E-state index in [2.05, 4.69) is 19.0 Å². The summed E-state index contributed by atoms with van der Waals surface area (Å²) in [5.41, 5.74) is 1.83. The molecule has 0 bridgehead atoms. The smallest absolute Gasteiger partial charge is 0.227 e. The van der Waals surface area contributed by atoms with E-state index in [9.17, 15) is 4.79 Å². The summed E-state index contributed by atoms with van der Waals surface area (Å²) >= 11 is 0. The van der Waals surface area contributed by atoms with E-state index in [4.69, 9.17) is 14.0 Å². The van der Waals surface area contributed by atoms with E-state index in [1.54, 1.807) is 14.2 Å². The molecular weight excluding hydrogens is 332 g/mol. The molecule has 2 aromatic rings. The number of rotatable bonds is 6. The predicted octanol–water partition coefficient (Wildman–Crippen LogP) is 3.72. The summed E-state index contributed by atoms with van der Waals surface area (Å²) in [7, 11) is 3.19. The van der Waals surface area contributed by atoms with Crippen molar-refractivity contribution in [1.82, 2.24) is 10.1 Å². The molecule has 0 unspecified atom stereocenters. The maximum absolute atomic E-state index is 12.9. The zero-order chi connectivity index (χ0) is 18.7. The number of carbonyl (C=O) groups is 1. The number of benzene rings is 1. The van der Waals surface area contributed by atoms with Crippen LogP contribution in [0, 0.1) is 0 Å². The van der Waals surface area contributed by atoms with Crippen molar-refractivity contribution in [2.24, 2.45) is 0 Å². The fourth-order valence-corrected chi connectivity index (χ4v) is 3.36. The summed E-state index contributed by atoms with van der Waals surface area (Å²) in [5.74, 6) is 2.47. The molecule has 6 heteroatoms. The lowest BCUT2D eigenvalue weighted by Crippen LogP contribution is -2.31. The van der Waals surface area contributed by atoms with Gasteiger partial charge in [0, 0.05) is 12.6 Å². The lowest BCUT2D eigenvalue weighted by molar-refractivity contribution is -0.131. The molecule has 0 saturated carbocycles. The molecular formula is C20H26N2O4. The maximum atomic E-state index is 12.9. The van der Waals surface area contributed by atoms with E-state index < -0.39 is 0 Å². The van der Waals surface area contributed by atoms with E-state index >= 15 is 0 Å². The molecule has 1 aliphatic heterocycles. The molecule has 0 aliphatic carbocycles. The van der Waals surface area contributed by atoms with Crippen LogP contribution in [0.5, 0.6) is 11.5 Å². The summed E-state index contributed by atoms with van der Waals surface area (Å²) in [6.45, 7) is 4.90. The second-order valence-electron chi connectivity index (χ2n) is 6.92. The van der Waals surface area contributed by atoms with Crippen molar-refractivity contribution < 1.29 is 18.8 Å². The van der Waals surface area contributed by atoms with Gasteiger partial charge in [0.25, 0.3) is 0 Å². The first kappa shape index (κ1) is 18.3. The zero-order valence-corrected chi connectivity index (χ0v) is 15.8. The van der Waals surface area contributed by atoms with Crippen LogP contribution in [0.25, 0.3) is 0 Å². The van der Waals surface area contributed by atoms with Gasteiger partial charge in [-0.2, -0.15) is 0 Å². The van der Waals surface area contributed by atoms with Crippen LogP contribution in [0.2, 0.25) is 0 Å². The van der Waals surface area contributed by atoms with Crippen molar-refractivity contribution >= 4 is 5.91 Å². The Hall–Kier alpha value is -2.50. The summed E-state index contributed by atoms with van der Waals surface area (Å²) < 4.78 is 16.1. The molecule has 2 heterocycles. The van der Waals surface area contributed by atoms with Gasteiger partial charge in [-0.3, -0.25) is 4.79 Å². The molecule has 0 spiro atoms. The van der Waals surface area contributed by atoms with E-state index in [0.29, 0.717) is 23.8 Å². The van der Waals surface area contributed by atoms with Crippen LogP contribution in [0.15, 0.2) is 28.8 Å². The third kappa shape index (κ3) is 3.69. The number of amides is 1. The number of nitrogens with zero attached hydrogens (tertiary/aromatic N) is 2. The summed E-state index contributed by atoms with van der Waals surface area (Å²) in [6.07, 6.45) is 2.20. The van der Waals surface area contributed by atoms with Gasteiger partial charge in [0.2, 0.25) is 5.91 Å². The largest absolute Gasteiger partial charge is 0.493 e. The number of aromatic nitrogens is 1. The minimum Gasteiger partial charge on any atom is -0.493 e. The van der Waals surface area contributed by atoms with Gasteiger partial charge in [-0.05, 0) is 36.5 Å². The molecule has 3 rings (SSSR count). The molecule has 26 heavy (non-hydrogen) atoms. The number of likely N-dealkylation sites (tertiary alicyclic amines) is 1. The fraction of sp³-hybridized carbons (Fsp3) is 0.500. The number of hydrogen-bond donors (Lipinski definition) is 0. The highest BCUT2D eigenvalue weighted by Gasteiger charge is 2.33. The predicted molar refractivity (Wildman–Crippen MR) is 97.5 cm³/mol. The number of carbonyl (C=O) groups excluding carboxylic acids is 1. The van der Waals surface area contributed by atoms with Crippen LogP contribution in [0.4, 0.5) is 0 Å². The number of methoxy groups -OCH3 is 2. The average Bonchev–Trinajstić information content (AvgIpc) is 3.30. The molecule has 1 saturated heterocycles. The summed E-state index contributed by atoms with van der Waals surface area (Å²) in [5, 5.41) is 4.14. The van der Waals surface area contributed by atoms with Crippen molar-refractivity contribution in [3.63, 3.8) is 0 Å². The first-order valence-electron chi connectivity index (χ1n) is 9.00. The lowest BCUT2D eigenvalue weighted by Gasteiger charge is -2.23. The first-order chi connectivity index (χ1) is 12.5. The van der Waals surface area contributed by atoms with E-state index in [1.807, 2.05) is 29.2 Å². The van der Waals surface area contributed by atoms with Crippen LogP contribution in [0.1, 0.15) is 55.7 Å². The Balaban J connectivity index is 1.74. The Morgan fingerprint density at radius 2 is 2.04 bits per heavy atom. The highest BCUT2D eigenvalue weighted by atomic mass is 16.5. The Labute approximate surface area is 154 Å². The third-order valence-electron chi connectivity index (χ3n) is 4.84. The molecule has 0 N–H and O–H groups in total. The van der Waals surface area contributed by atoms with Crippen LogP contribution < -0.4 is 9.47 Å². The van der Waals surface area contributed by atoms with Gasteiger partial charge < -0.3 is 18.9 Å². The van der Waals surface area contributed by atoms with Crippen molar-refractivity contribution in [3.05, 3.63) is 41.3 Å². The van der Waals surface area contributed by atoms with Gasteiger partial charge >= 0.3 is 0 Å². The SMILES string of the molecule is COc1ccc(CC(=O)N2CCC[C@H]2c2cc(C(C)C)no2)cc1OC. The van der Waals surface area contributed by atoms with Crippen molar-refractivity contribution in [2.75, 3.05) is 20.8 Å². The average molecular weight is 358 g/mol. The van der Waals surface area contributed by atoms with Crippen molar-refractivity contribution in [2.45, 2.75) is 45.1 Å². The molecule has 140 valence electrons. The van der Waals surface area contributed by atoms with Gasteiger partial charge in [0.1, 0.15) is 0 Å². The highest BCUT2D eigenvalue weighted by molar-refractivity contribution is 5.79. The molecule has 1 aromatic carbocycles.